The van der Waals surface area contributed by atoms with Crippen LogP contribution in [-0.4, -0.2) is 30.1 Å². The van der Waals surface area contributed by atoms with Crippen molar-refractivity contribution in [2.45, 2.75) is 24.8 Å². The second-order valence-corrected chi connectivity index (χ2v) is 7.94. The number of rotatable bonds is 4. The smallest absolute Gasteiger partial charge is 0.333 e. The van der Waals surface area contributed by atoms with E-state index in [4.69, 9.17) is 4.74 Å². The highest BCUT2D eigenvalue weighted by Gasteiger charge is 2.71. The van der Waals surface area contributed by atoms with Crippen LogP contribution >= 0.6 is 0 Å². The highest BCUT2D eigenvalue weighted by atomic mass is 16.6. The lowest BCUT2D eigenvalue weighted by Gasteiger charge is -2.33. The average Bonchev–Trinajstić information content (AvgIpc) is 3.40. The largest absolute Gasteiger partial charge is 0.464 e. The van der Waals surface area contributed by atoms with Crippen molar-refractivity contribution in [2.75, 3.05) is 18.5 Å². The second kappa shape index (κ2) is 6.57. The van der Waals surface area contributed by atoms with Gasteiger partial charge < -0.3 is 15.4 Å². The number of benzene rings is 2. The minimum Gasteiger partial charge on any atom is -0.464 e. The van der Waals surface area contributed by atoms with Crippen molar-refractivity contribution in [1.29, 1.82) is 5.26 Å². The number of hydrogen-bond acceptors (Lipinski definition) is 7. The van der Waals surface area contributed by atoms with Crippen molar-refractivity contribution in [3.8, 4) is 6.07 Å². The molecule has 2 aliphatic heterocycles. The van der Waals surface area contributed by atoms with Crippen LogP contribution in [0.15, 0.2) is 54.2 Å². The molecule has 1 fully saturated rings. The predicted molar refractivity (Wildman–Crippen MR) is 113 cm³/mol. The number of anilines is 1. The van der Waals surface area contributed by atoms with Crippen LogP contribution < -0.4 is 10.6 Å². The first kappa shape index (κ1) is 19.1. The zero-order chi connectivity index (χ0) is 21.8. The van der Waals surface area contributed by atoms with Gasteiger partial charge in [-0.2, -0.15) is 5.26 Å². The number of hydrogen-bond donors (Lipinski definition) is 2. The van der Waals surface area contributed by atoms with Gasteiger partial charge in [0.25, 0.3) is 5.69 Å². The third kappa shape index (κ3) is 2.20. The van der Waals surface area contributed by atoms with E-state index in [0.29, 0.717) is 24.2 Å². The first-order chi connectivity index (χ1) is 15.0. The Hall–Kier alpha value is -3.86. The lowest BCUT2D eigenvalue weighted by Crippen LogP contribution is -2.50. The van der Waals surface area contributed by atoms with Crippen LogP contribution in [0.5, 0.6) is 0 Å². The van der Waals surface area contributed by atoms with Crippen LogP contribution in [0.4, 0.5) is 11.4 Å². The van der Waals surface area contributed by atoms with Crippen LogP contribution in [0.1, 0.15) is 24.5 Å². The van der Waals surface area contributed by atoms with E-state index in [1.807, 2.05) is 24.3 Å². The van der Waals surface area contributed by atoms with Crippen LogP contribution in [0.25, 0.3) is 5.57 Å². The van der Waals surface area contributed by atoms with Gasteiger partial charge in [-0.1, -0.05) is 30.3 Å². The van der Waals surface area contributed by atoms with Crippen molar-refractivity contribution < 1.29 is 14.5 Å². The molecule has 2 heterocycles. The molecular formula is C23H20N4O4. The molecule has 0 aromatic heterocycles. The summed E-state index contributed by atoms with van der Waals surface area (Å²) in [6.45, 7) is 2.42. The van der Waals surface area contributed by atoms with Crippen molar-refractivity contribution in [2.24, 2.45) is 5.41 Å². The van der Waals surface area contributed by atoms with Crippen molar-refractivity contribution in [1.82, 2.24) is 5.32 Å². The Labute approximate surface area is 178 Å². The Morgan fingerprint density at radius 3 is 2.77 bits per heavy atom. The second-order valence-electron chi connectivity index (χ2n) is 7.94. The number of esters is 1. The molecule has 8 nitrogen and oxygen atoms in total. The predicted octanol–water partition coefficient (Wildman–Crippen LogP) is 3.12. The summed E-state index contributed by atoms with van der Waals surface area (Å²) in [5.74, 6) is -0.695. The Kier molecular flexibility index (Phi) is 4.05. The van der Waals surface area contributed by atoms with Gasteiger partial charge >= 0.3 is 5.97 Å². The number of fused-ring (bicyclic) bond motifs is 1. The molecule has 156 valence electrons. The van der Waals surface area contributed by atoms with Gasteiger partial charge in [0.15, 0.2) is 0 Å². The lowest BCUT2D eigenvalue weighted by molar-refractivity contribution is -0.385. The van der Waals surface area contributed by atoms with E-state index in [1.165, 1.54) is 6.07 Å². The molecule has 0 amide bonds. The lowest BCUT2D eigenvalue weighted by atomic mass is 9.69. The van der Waals surface area contributed by atoms with E-state index >= 15 is 0 Å². The van der Waals surface area contributed by atoms with Crippen molar-refractivity contribution in [3.63, 3.8) is 0 Å². The molecule has 1 aliphatic carbocycles. The summed E-state index contributed by atoms with van der Waals surface area (Å²) in [4.78, 5) is 24.8. The maximum Gasteiger partial charge on any atom is 0.333 e. The van der Waals surface area contributed by atoms with E-state index in [2.05, 4.69) is 16.7 Å². The fourth-order valence-electron chi connectivity index (χ4n) is 5.61. The molecule has 2 aromatic rings. The third-order valence-electron chi connectivity index (χ3n) is 6.69. The molecule has 5 rings (SSSR count). The number of para-hydroxylation sites is 2. The normalized spacial score (nSPS) is 27.4. The number of nitriles is 1. The van der Waals surface area contributed by atoms with Gasteiger partial charge in [-0.25, -0.2) is 4.79 Å². The summed E-state index contributed by atoms with van der Waals surface area (Å²) >= 11 is 0. The minimum atomic E-state index is -1.75. The quantitative estimate of drug-likeness (QED) is 0.447. The summed E-state index contributed by atoms with van der Waals surface area (Å²) in [6, 6.07) is 15.6. The Balaban J connectivity index is 1.89. The molecule has 2 aromatic carbocycles. The van der Waals surface area contributed by atoms with Crippen LogP contribution in [-0.2, 0) is 14.9 Å². The van der Waals surface area contributed by atoms with Gasteiger partial charge in [0.05, 0.1) is 34.6 Å². The minimum absolute atomic E-state index is 0.0991. The van der Waals surface area contributed by atoms with Gasteiger partial charge in [-0.3, -0.25) is 10.1 Å². The molecule has 1 saturated heterocycles. The van der Waals surface area contributed by atoms with Crippen LogP contribution in [0.2, 0.25) is 0 Å². The summed E-state index contributed by atoms with van der Waals surface area (Å²) in [5, 5.41) is 29.2. The molecule has 8 heteroatoms. The fourth-order valence-corrected chi connectivity index (χ4v) is 5.61. The number of nitro groups is 1. The van der Waals surface area contributed by atoms with Crippen molar-refractivity contribution >= 4 is 22.9 Å². The molecule has 3 aliphatic rings. The monoisotopic (exact) mass is 416 g/mol. The van der Waals surface area contributed by atoms with E-state index < -0.39 is 27.8 Å². The zero-order valence-electron chi connectivity index (χ0n) is 16.8. The molecular weight excluding hydrogens is 396 g/mol. The third-order valence-corrected chi connectivity index (χ3v) is 6.69. The van der Waals surface area contributed by atoms with E-state index in [0.717, 1.165) is 11.3 Å². The molecule has 2 N–H and O–H groups in total. The Morgan fingerprint density at radius 2 is 2.03 bits per heavy atom. The summed E-state index contributed by atoms with van der Waals surface area (Å²) in [5.41, 5.74) is 0.577. The van der Waals surface area contributed by atoms with Gasteiger partial charge in [-0.05, 0) is 31.0 Å². The Morgan fingerprint density at radius 1 is 1.29 bits per heavy atom. The van der Waals surface area contributed by atoms with Gasteiger partial charge in [-0.15, -0.1) is 0 Å². The summed E-state index contributed by atoms with van der Waals surface area (Å²) in [7, 11) is 0. The molecule has 31 heavy (non-hydrogen) atoms. The van der Waals surface area contributed by atoms with Crippen LogP contribution in [0.3, 0.4) is 0 Å². The number of carbonyl (C=O) groups is 1. The molecule has 2 unspecified atom stereocenters. The Bertz CT molecular complexity index is 1200. The highest BCUT2D eigenvalue weighted by molar-refractivity contribution is 6.05. The first-order valence-electron chi connectivity index (χ1n) is 10.2. The van der Waals surface area contributed by atoms with Gasteiger partial charge in [0.1, 0.15) is 0 Å². The summed E-state index contributed by atoms with van der Waals surface area (Å²) in [6.07, 6.45) is 0.657. The fraction of sp³-hybridized carbons (Fsp3) is 0.304. The van der Waals surface area contributed by atoms with E-state index in [1.54, 1.807) is 25.1 Å². The molecule has 0 saturated carbocycles. The van der Waals surface area contributed by atoms with E-state index in [-0.39, 0.29) is 17.9 Å². The highest BCUT2D eigenvalue weighted by Crippen LogP contribution is 2.65. The zero-order valence-corrected chi connectivity index (χ0v) is 16.8. The number of nitro benzene ring substituents is 1. The standard InChI is InChI=1S/C23H20N4O4/c1-2-31-21(28)23(13-24)18(14-7-3-6-10-17(14)27(29)30)19-22(11-12-25-19)15-8-4-5-9-16(15)26-20(22)23/h3-10,20,25-26H,2,11-12H2,1H3/t20?,22?,23-/m0/s1. The number of nitrogens with zero attached hydrogens (tertiary/aromatic N) is 2. The van der Waals surface area contributed by atoms with Gasteiger partial charge in [0, 0.05) is 29.6 Å². The van der Waals surface area contributed by atoms with Crippen molar-refractivity contribution in [3.05, 3.63) is 75.5 Å². The topological polar surface area (TPSA) is 117 Å². The molecule has 1 spiro atoms. The summed E-state index contributed by atoms with van der Waals surface area (Å²) < 4.78 is 5.41. The maximum absolute atomic E-state index is 13.5. The molecule has 0 radical (unpaired) electrons. The number of nitrogens with one attached hydrogen (secondary N) is 2. The average molecular weight is 416 g/mol. The van der Waals surface area contributed by atoms with Crippen LogP contribution in [0, 0.1) is 26.9 Å². The number of carbonyl (C=O) groups excluding carboxylic acids is 1. The maximum atomic E-state index is 13.5. The van der Waals surface area contributed by atoms with E-state index in [9.17, 15) is 20.2 Å². The van der Waals surface area contributed by atoms with Gasteiger partial charge in [0.2, 0.25) is 5.41 Å². The SMILES string of the molecule is CCOC(=O)[C@@]1(C#N)C(c2ccccc2[N+](=O)[O-])=C2NCCC23c2ccccc2NC31. The molecule has 0 bridgehead atoms. The molecule has 3 atom stereocenters. The first-order valence-corrected chi connectivity index (χ1v) is 10.2. The number of ether oxygens (including phenoxy) is 1.